The Bertz CT molecular complexity index is 661. The molecule has 0 N–H and O–H groups in total. The van der Waals surface area contributed by atoms with Crippen LogP contribution in [0.4, 0.5) is 0 Å². The van der Waals surface area contributed by atoms with Gasteiger partial charge in [-0.05, 0) is 35.4 Å². The van der Waals surface area contributed by atoms with Crippen LogP contribution >= 0.6 is 0 Å². The molecule has 1 unspecified atom stereocenters. The number of esters is 1. The minimum Gasteiger partial charge on any atom is -0.497 e. The zero-order chi connectivity index (χ0) is 14.8. The Morgan fingerprint density at radius 3 is 2.71 bits per heavy atom. The van der Waals surface area contributed by atoms with Crippen molar-refractivity contribution in [2.24, 2.45) is 0 Å². The Labute approximate surface area is 123 Å². The maximum absolute atomic E-state index is 12.0. The number of methoxy groups -OCH3 is 1. The summed E-state index contributed by atoms with van der Waals surface area (Å²) >= 11 is 0. The molecule has 0 amide bonds. The molecule has 0 aliphatic carbocycles. The standard InChI is InChI=1S/C17H18O4/c1-11(17(18)21-10-16-9-20-16)12-3-4-14-8-15(19-2)6-5-13(14)7-12/h3-8,11,16H,9-10H2,1-2H3/t11-,16?/m0/s1. The lowest BCUT2D eigenvalue weighted by atomic mass is 9.98. The second kappa shape index (κ2) is 5.74. The first-order valence-corrected chi connectivity index (χ1v) is 7.03. The number of fused-ring (bicyclic) bond motifs is 1. The Morgan fingerprint density at radius 1 is 1.29 bits per heavy atom. The molecular formula is C17H18O4. The van der Waals surface area contributed by atoms with Crippen molar-refractivity contribution >= 4 is 16.7 Å². The van der Waals surface area contributed by atoms with E-state index >= 15 is 0 Å². The van der Waals surface area contributed by atoms with E-state index in [1.54, 1.807) is 7.11 Å². The van der Waals surface area contributed by atoms with E-state index in [0.717, 1.165) is 22.1 Å². The van der Waals surface area contributed by atoms with Crippen LogP contribution in [0, 0.1) is 0 Å². The van der Waals surface area contributed by atoms with Crippen LogP contribution in [0.5, 0.6) is 5.75 Å². The van der Waals surface area contributed by atoms with Gasteiger partial charge in [0.1, 0.15) is 18.5 Å². The summed E-state index contributed by atoms with van der Waals surface area (Å²) in [5, 5.41) is 2.17. The number of epoxide rings is 1. The number of carbonyl (C=O) groups is 1. The third kappa shape index (κ3) is 3.16. The first-order chi connectivity index (χ1) is 10.2. The molecule has 0 spiro atoms. The fourth-order valence-electron chi connectivity index (χ4n) is 2.24. The van der Waals surface area contributed by atoms with Gasteiger partial charge in [0, 0.05) is 0 Å². The molecule has 0 saturated carbocycles. The smallest absolute Gasteiger partial charge is 0.313 e. The normalized spacial score (nSPS) is 18.3. The van der Waals surface area contributed by atoms with Crippen molar-refractivity contribution in [3.8, 4) is 5.75 Å². The van der Waals surface area contributed by atoms with Gasteiger partial charge in [-0.3, -0.25) is 4.79 Å². The molecule has 2 atom stereocenters. The minimum atomic E-state index is -0.282. The molecule has 1 aliphatic rings. The van der Waals surface area contributed by atoms with Crippen LogP contribution < -0.4 is 4.74 Å². The summed E-state index contributed by atoms with van der Waals surface area (Å²) in [6.45, 7) is 2.91. The summed E-state index contributed by atoms with van der Waals surface area (Å²) in [7, 11) is 1.65. The summed E-state index contributed by atoms with van der Waals surface area (Å²) in [5.74, 6) is 0.334. The average Bonchev–Trinajstić information content (AvgIpc) is 3.35. The lowest BCUT2D eigenvalue weighted by Gasteiger charge is -2.12. The van der Waals surface area contributed by atoms with Gasteiger partial charge in [-0.15, -0.1) is 0 Å². The molecule has 1 heterocycles. The molecule has 21 heavy (non-hydrogen) atoms. The zero-order valence-corrected chi connectivity index (χ0v) is 12.2. The summed E-state index contributed by atoms with van der Waals surface area (Å²) in [6.07, 6.45) is 0.102. The molecule has 3 rings (SSSR count). The van der Waals surface area contributed by atoms with Crippen molar-refractivity contribution in [3.05, 3.63) is 42.0 Å². The molecule has 4 heteroatoms. The third-order valence-electron chi connectivity index (χ3n) is 3.74. The molecule has 1 saturated heterocycles. The Morgan fingerprint density at radius 2 is 2.00 bits per heavy atom. The number of ether oxygens (including phenoxy) is 3. The van der Waals surface area contributed by atoms with Gasteiger partial charge in [-0.25, -0.2) is 0 Å². The highest BCUT2D eigenvalue weighted by Gasteiger charge is 2.26. The summed E-state index contributed by atoms with van der Waals surface area (Å²) < 4.78 is 15.5. The summed E-state index contributed by atoms with van der Waals surface area (Å²) in [5.41, 5.74) is 0.953. The number of hydrogen-bond donors (Lipinski definition) is 0. The topological polar surface area (TPSA) is 48.1 Å². The first kappa shape index (κ1) is 13.9. The van der Waals surface area contributed by atoms with Crippen molar-refractivity contribution in [2.45, 2.75) is 18.9 Å². The lowest BCUT2D eigenvalue weighted by Crippen LogP contribution is -2.16. The van der Waals surface area contributed by atoms with Gasteiger partial charge in [0.05, 0.1) is 19.6 Å². The van der Waals surface area contributed by atoms with Crippen LogP contribution in [0.1, 0.15) is 18.4 Å². The molecule has 1 fully saturated rings. The molecular weight excluding hydrogens is 268 g/mol. The highest BCUT2D eigenvalue weighted by atomic mass is 16.6. The number of benzene rings is 2. The van der Waals surface area contributed by atoms with Gasteiger partial charge in [0.15, 0.2) is 0 Å². The van der Waals surface area contributed by atoms with Gasteiger partial charge < -0.3 is 14.2 Å². The molecule has 2 aromatic rings. The number of hydrogen-bond acceptors (Lipinski definition) is 4. The van der Waals surface area contributed by atoms with Gasteiger partial charge in [-0.1, -0.05) is 24.3 Å². The first-order valence-electron chi connectivity index (χ1n) is 7.03. The van der Waals surface area contributed by atoms with Crippen molar-refractivity contribution in [3.63, 3.8) is 0 Å². The number of rotatable bonds is 5. The predicted molar refractivity (Wildman–Crippen MR) is 79.6 cm³/mol. The van der Waals surface area contributed by atoms with Crippen LogP contribution in [-0.4, -0.2) is 32.4 Å². The van der Waals surface area contributed by atoms with E-state index < -0.39 is 0 Å². The third-order valence-corrected chi connectivity index (χ3v) is 3.74. The predicted octanol–water partition coefficient (Wildman–Crippen LogP) is 2.89. The molecule has 0 radical (unpaired) electrons. The van der Waals surface area contributed by atoms with Gasteiger partial charge in [0.2, 0.25) is 0 Å². The molecule has 4 nitrogen and oxygen atoms in total. The molecule has 1 aliphatic heterocycles. The fraction of sp³-hybridized carbons (Fsp3) is 0.353. The highest BCUT2D eigenvalue weighted by Crippen LogP contribution is 2.26. The Hall–Kier alpha value is -2.07. The highest BCUT2D eigenvalue weighted by molar-refractivity contribution is 5.86. The summed E-state index contributed by atoms with van der Waals surface area (Å²) in [6, 6.07) is 11.9. The van der Waals surface area contributed by atoms with Crippen molar-refractivity contribution in [2.75, 3.05) is 20.3 Å². The van der Waals surface area contributed by atoms with Gasteiger partial charge in [-0.2, -0.15) is 0 Å². The molecule has 0 aromatic heterocycles. The Balaban J connectivity index is 1.77. The van der Waals surface area contributed by atoms with E-state index in [9.17, 15) is 4.79 Å². The van der Waals surface area contributed by atoms with Crippen LogP contribution in [-0.2, 0) is 14.3 Å². The van der Waals surface area contributed by atoms with Crippen LogP contribution in [0.25, 0.3) is 10.8 Å². The number of carbonyl (C=O) groups excluding carboxylic acids is 1. The van der Waals surface area contributed by atoms with E-state index in [-0.39, 0.29) is 18.0 Å². The van der Waals surface area contributed by atoms with Crippen molar-refractivity contribution < 1.29 is 19.0 Å². The van der Waals surface area contributed by atoms with Gasteiger partial charge >= 0.3 is 5.97 Å². The maximum atomic E-state index is 12.0. The van der Waals surface area contributed by atoms with E-state index in [4.69, 9.17) is 14.2 Å². The van der Waals surface area contributed by atoms with E-state index in [1.807, 2.05) is 43.3 Å². The monoisotopic (exact) mass is 286 g/mol. The van der Waals surface area contributed by atoms with E-state index in [0.29, 0.717) is 13.2 Å². The maximum Gasteiger partial charge on any atom is 0.313 e. The second-order valence-electron chi connectivity index (χ2n) is 5.28. The second-order valence-corrected chi connectivity index (χ2v) is 5.28. The van der Waals surface area contributed by atoms with Gasteiger partial charge in [0.25, 0.3) is 0 Å². The quantitative estimate of drug-likeness (QED) is 0.626. The largest absolute Gasteiger partial charge is 0.497 e. The zero-order valence-electron chi connectivity index (χ0n) is 12.2. The fourth-order valence-corrected chi connectivity index (χ4v) is 2.24. The van der Waals surface area contributed by atoms with Crippen molar-refractivity contribution in [1.29, 1.82) is 0 Å². The van der Waals surface area contributed by atoms with Crippen LogP contribution in [0.3, 0.4) is 0 Å². The molecule has 2 aromatic carbocycles. The minimum absolute atomic E-state index is 0.102. The van der Waals surface area contributed by atoms with Crippen molar-refractivity contribution in [1.82, 2.24) is 0 Å². The van der Waals surface area contributed by atoms with E-state index in [1.165, 1.54) is 0 Å². The van der Waals surface area contributed by atoms with Crippen LogP contribution in [0.15, 0.2) is 36.4 Å². The average molecular weight is 286 g/mol. The SMILES string of the molecule is COc1ccc2cc([C@H](C)C(=O)OCC3CO3)ccc2c1. The molecule has 0 bridgehead atoms. The lowest BCUT2D eigenvalue weighted by molar-refractivity contribution is -0.145. The summed E-state index contributed by atoms with van der Waals surface area (Å²) in [4.78, 5) is 12.0. The van der Waals surface area contributed by atoms with Crippen LogP contribution in [0.2, 0.25) is 0 Å². The molecule has 110 valence electrons. The van der Waals surface area contributed by atoms with E-state index in [2.05, 4.69) is 0 Å². The Kier molecular flexibility index (Phi) is 3.80.